The van der Waals surface area contributed by atoms with Crippen LogP contribution >= 0.6 is 0 Å². The van der Waals surface area contributed by atoms with Crippen molar-refractivity contribution >= 4 is 0 Å². The molecule has 0 saturated carbocycles. The molecule has 158 valence electrons. The van der Waals surface area contributed by atoms with Crippen LogP contribution in [0.15, 0.2) is 60.9 Å². The van der Waals surface area contributed by atoms with Gasteiger partial charge in [0.25, 0.3) is 0 Å². The number of nitrogens with one attached hydrogen (secondary N) is 1. The van der Waals surface area contributed by atoms with Crippen LogP contribution in [0.5, 0.6) is 11.5 Å². The molecule has 1 unspecified atom stereocenters. The Morgan fingerprint density at radius 1 is 1.07 bits per heavy atom. The number of nitrogens with zero attached hydrogens (tertiary/aromatic N) is 3. The third kappa shape index (κ3) is 5.84. The fraction of sp³-hybridized carbons (Fsp3) is 0.375. The molecule has 30 heavy (non-hydrogen) atoms. The van der Waals surface area contributed by atoms with Crippen molar-refractivity contribution in [3.63, 3.8) is 0 Å². The molecule has 6 heteroatoms. The van der Waals surface area contributed by atoms with E-state index >= 15 is 0 Å². The fourth-order valence-electron chi connectivity index (χ4n) is 3.49. The molecule has 0 saturated heterocycles. The molecule has 0 aromatic heterocycles. The molecule has 1 heterocycles. The van der Waals surface area contributed by atoms with E-state index in [0.717, 1.165) is 42.7 Å². The van der Waals surface area contributed by atoms with Gasteiger partial charge in [0, 0.05) is 24.9 Å². The summed E-state index contributed by atoms with van der Waals surface area (Å²) in [5.41, 5.74) is 5.41. The van der Waals surface area contributed by atoms with Gasteiger partial charge in [-0.05, 0) is 48.9 Å². The van der Waals surface area contributed by atoms with Gasteiger partial charge in [-0.25, -0.2) is 0 Å². The molecule has 1 atom stereocenters. The van der Waals surface area contributed by atoms with Crippen LogP contribution in [0.3, 0.4) is 0 Å². The van der Waals surface area contributed by atoms with Gasteiger partial charge < -0.3 is 9.47 Å². The van der Waals surface area contributed by atoms with E-state index in [1.54, 1.807) is 13.3 Å². The van der Waals surface area contributed by atoms with Crippen LogP contribution in [0.4, 0.5) is 0 Å². The first kappa shape index (κ1) is 21.4. The lowest BCUT2D eigenvalue weighted by Gasteiger charge is -2.26. The molecule has 3 rings (SSSR count). The second kappa shape index (κ2) is 11.0. The van der Waals surface area contributed by atoms with E-state index in [0.29, 0.717) is 13.2 Å². The molecule has 6 nitrogen and oxygen atoms in total. The summed E-state index contributed by atoms with van der Waals surface area (Å²) in [6, 6.07) is 16.7. The van der Waals surface area contributed by atoms with Gasteiger partial charge in [0.1, 0.15) is 0 Å². The molecule has 0 amide bonds. The minimum atomic E-state index is 0.213. The molecule has 1 aliphatic heterocycles. The number of methoxy groups -OCH3 is 1. The predicted octanol–water partition coefficient (Wildman–Crippen LogP) is 4.58. The molecule has 1 aliphatic rings. The van der Waals surface area contributed by atoms with Gasteiger partial charge in [0.15, 0.2) is 11.5 Å². The third-order valence-electron chi connectivity index (χ3n) is 5.22. The first-order valence-electron chi connectivity index (χ1n) is 10.4. The van der Waals surface area contributed by atoms with E-state index in [1.165, 1.54) is 10.7 Å². The second-order valence-electron chi connectivity index (χ2n) is 7.43. The monoisotopic (exact) mass is 406 g/mol. The number of hydrogen-bond acceptors (Lipinski definition) is 6. The SMILES string of the molecule is COc1ccc(C(C)CN2C=CNN2C#N)cc1OCCCCCc1ccccc1. The number of ether oxygens (including phenoxy) is 2. The standard InChI is InChI=1S/C24H30N4O2/c1-20(18-27-15-14-26-28(27)19-25)22-12-13-23(29-2)24(17-22)30-16-8-4-7-11-21-9-5-3-6-10-21/h3,5-6,9-10,12-15,17,20,26H,4,7-8,11,16,18H2,1-2H3. The number of aryl methyl sites for hydroxylation is 1. The van der Waals surface area contributed by atoms with E-state index in [-0.39, 0.29) is 5.92 Å². The number of unbranched alkanes of at least 4 members (excludes halogenated alkanes) is 2. The summed E-state index contributed by atoms with van der Waals surface area (Å²) in [6.45, 7) is 3.49. The van der Waals surface area contributed by atoms with Gasteiger partial charge in [0.05, 0.1) is 13.7 Å². The maximum atomic E-state index is 9.15. The molecular formula is C24H30N4O2. The second-order valence-corrected chi connectivity index (χ2v) is 7.43. The Labute approximate surface area is 179 Å². The average Bonchev–Trinajstić information content (AvgIpc) is 3.23. The lowest BCUT2D eigenvalue weighted by Crippen LogP contribution is -2.39. The first-order valence-corrected chi connectivity index (χ1v) is 10.4. The Kier molecular flexibility index (Phi) is 7.85. The zero-order valence-corrected chi connectivity index (χ0v) is 17.8. The smallest absolute Gasteiger partial charge is 0.221 e. The van der Waals surface area contributed by atoms with Crippen molar-refractivity contribution in [2.45, 2.75) is 38.5 Å². The molecule has 0 bridgehead atoms. The van der Waals surface area contributed by atoms with Crippen LogP contribution < -0.4 is 14.9 Å². The molecule has 0 aliphatic carbocycles. The maximum Gasteiger partial charge on any atom is 0.221 e. The van der Waals surface area contributed by atoms with Crippen LogP contribution in [0.1, 0.15) is 43.2 Å². The van der Waals surface area contributed by atoms with E-state index in [2.05, 4.69) is 61.0 Å². The van der Waals surface area contributed by atoms with Crippen molar-refractivity contribution in [3.8, 4) is 17.7 Å². The Bertz CT molecular complexity index is 863. The van der Waals surface area contributed by atoms with E-state index < -0.39 is 0 Å². The predicted molar refractivity (Wildman–Crippen MR) is 117 cm³/mol. The highest BCUT2D eigenvalue weighted by atomic mass is 16.5. The highest BCUT2D eigenvalue weighted by Crippen LogP contribution is 2.31. The molecule has 0 radical (unpaired) electrons. The Hall–Kier alpha value is -3.33. The molecule has 2 aromatic rings. The fourth-order valence-corrected chi connectivity index (χ4v) is 3.49. The molecule has 2 aromatic carbocycles. The van der Waals surface area contributed by atoms with Crippen LogP contribution in [0.2, 0.25) is 0 Å². The van der Waals surface area contributed by atoms with Gasteiger partial charge in [-0.15, -0.1) is 5.12 Å². The van der Waals surface area contributed by atoms with Crippen molar-refractivity contribution in [2.75, 3.05) is 20.3 Å². The van der Waals surface area contributed by atoms with Crippen LogP contribution in [-0.4, -0.2) is 30.4 Å². The molecule has 1 N–H and O–H groups in total. The lowest BCUT2D eigenvalue weighted by molar-refractivity contribution is 0.0698. The summed E-state index contributed by atoms with van der Waals surface area (Å²) >= 11 is 0. The number of hydrazine groups is 2. The Morgan fingerprint density at radius 2 is 1.90 bits per heavy atom. The van der Waals surface area contributed by atoms with E-state index in [4.69, 9.17) is 14.7 Å². The van der Waals surface area contributed by atoms with Crippen molar-refractivity contribution in [1.82, 2.24) is 15.6 Å². The molecule has 0 spiro atoms. The number of nitriles is 1. The minimum Gasteiger partial charge on any atom is -0.493 e. The zero-order chi connectivity index (χ0) is 21.2. The Balaban J connectivity index is 1.49. The van der Waals surface area contributed by atoms with Crippen LogP contribution in [-0.2, 0) is 6.42 Å². The quantitative estimate of drug-likeness (QED) is 0.435. The minimum absolute atomic E-state index is 0.213. The molecule has 0 fully saturated rings. The van der Waals surface area contributed by atoms with Gasteiger partial charge in [-0.2, -0.15) is 5.26 Å². The summed E-state index contributed by atoms with van der Waals surface area (Å²) in [7, 11) is 1.66. The topological polar surface area (TPSA) is 60.8 Å². The Morgan fingerprint density at radius 3 is 2.67 bits per heavy atom. The van der Waals surface area contributed by atoms with Crippen molar-refractivity contribution in [1.29, 1.82) is 5.26 Å². The molecular weight excluding hydrogens is 376 g/mol. The normalized spacial score (nSPS) is 13.6. The first-order chi connectivity index (χ1) is 14.7. The third-order valence-corrected chi connectivity index (χ3v) is 5.22. The van der Waals surface area contributed by atoms with E-state index in [9.17, 15) is 0 Å². The summed E-state index contributed by atoms with van der Waals surface area (Å²) in [6.07, 6.45) is 10.1. The van der Waals surface area contributed by atoms with Crippen molar-refractivity contribution < 1.29 is 9.47 Å². The highest BCUT2D eigenvalue weighted by Gasteiger charge is 2.19. The zero-order valence-electron chi connectivity index (χ0n) is 17.8. The largest absolute Gasteiger partial charge is 0.493 e. The highest BCUT2D eigenvalue weighted by molar-refractivity contribution is 5.44. The van der Waals surface area contributed by atoms with Gasteiger partial charge >= 0.3 is 0 Å². The van der Waals surface area contributed by atoms with Crippen molar-refractivity contribution in [3.05, 3.63) is 72.1 Å². The summed E-state index contributed by atoms with van der Waals surface area (Å²) in [5.74, 6) is 1.73. The van der Waals surface area contributed by atoms with Crippen LogP contribution in [0.25, 0.3) is 0 Å². The van der Waals surface area contributed by atoms with Gasteiger partial charge in [-0.1, -0.05) is 43.3 Å². The summed E-state index contributed by atoms with van der Waals surface area (Å²) < 4.78 is 11.5. The van der Waals surface area contributed by atoms with Crippen LogP contribution in [0, 0.1) is 11.5 Å². The number of benzene rings is 2. The van der Waals surface area contributed by atoms with Gasteiger partial charge in [0.2, 0.25) is 6.19 Å². The van der Waals surface area contributed by atoms with Gasteiger partial charge in [-0.3, -0.25) is 10.4 Å². The maximum absolute atomic E-state index is 9.15. The lowest BCUT2D eigenvalue weighted by atomic mass is 10.0. The number of hydrogen-bond donors (Lipinski definition) is 1. The van der Waals surface area contributed by atoms with Crippen molar-refractivity contribution in [2.24, 2.45) is 0 Å². The van der Waals surface area contributed by atoms with E-state index in [1.807, 2.05) is 17.3 Å². The average molecular weight is 407 g/mol. The summed E-state index contributed by atoms with van der Waals surface area (Å²) in [4.78, 5) is 0. The number of rotatable bonds is 11. The summed E-state index contributed by atoms with van der Waals surface area (Å²) in [5, 5.41) is 12.4.